The number of benzene rings is 2. The molecule has 0 saturated heterocycles. The van der Waals surface area contributed by atoms with Crippen molar-refractivity contribution in [1.82, 2.24) is 9.55 Å². The average molecular weight is 318 g/mol. The fourth-order valence-corrected chi connectivity index (χ4v) is 2.54. The van der Waals surface area contributed by atoms with Crippen LogP contribution in [0.4, 0.5) is 13.2 Å². The van der Waals surface area contributed by atoms with Gasteiger partial charge in [0.2, 0.25) is 0 Å². The summed E-state index contributed by atoms with van der Waals surface area (Å²) in [5, 5.41) is -0.212. The molecule has 0 unspecified atom stereocenters. The Morgan fingerprint density at radius 3 is 2.57 bits per heavy atom. The van der Waals surface area contributed by atoms with E-state index >= 15 is 0 Å². The Morgan fingerprint density at radius 1 is 1.09 bits per heavy atom. The molecule has 0 atom stereocenters. The number of fused-ring (bicyclic) bond motifs is 1. The molecule has 0 aliphatic heterocycles. The first-order valence-corrected chi connectivity index (χ1v) is 7.18. The van der Waals surface area contributed by atoms with E-state index in [1.54, 1.807) is 0 Å². The van der Waals surface area contributed by atoms with Gasteiger partial charge in [-0.3, -0.25) is 9.36 Å². The van der Waals surface area contributed by atoms with Crippen LogP contribution in [0, 0.1) is 17.5 Å². The summed E-state index contributed by atoms with van der Waals surface area (Å²) in [5.41, 5.74) is -0.628. The molecule has 0 N–H and O–H groups in total. The largest absolute Gasteiger partial charge is 0.269 e. The van der Waals surface area contributed by atoms with E-state index in [0.29, 0.717) is 24.7 Å². The summed E-state index contributed by atoms with van der Waals surface area (Å²) in [5.74, 6) is -2.07. The second kappa shape index (κ2) is 5.87. The SMILES string of the molecule is CCCc1nc2cccc(F)c2c(=O)n1-c1ccc(F)cc1F. The van der Waals surface area contributed by atoms with E-state index in [1.165, 1.54) is 12.1 Å². The molecule has 0 aliphatic rings. The number of hydrogen-bond donors (Lipinski definition) is 0. The van der Waals surface area contributed by atoms with Crippen molar-refractivity contribution in [2.75, 3.05) is 0 Å². The summed E-state index contributed by atoms with van der Waals surface area (Å²) < 4.78 is 42.3. The molecule has 0 amide bonds. The zero-order valence-corrected chi connectivity index (χ0v) is 12.3. The van der Waals surface area contributed by atoms with Crippen LogP contribution in [0.1, 0.15) is 19.2 Å². The van der Waals surface area contributed by atoms with Gasteiger partial charge in [-0.2, -0.15) is 0 Å². The van der Waals surface area contributed by atoms with Gasteiger partial charge in [0.1, 0.15) is 28.7 Å². The Bertz CT molecular complexity index is 950. The maximum atomic E-state index is 14.1. The molecule has 118 valence electrons. The van der Waals surface area contributed by atoms with Gasteiger partial charge < -0.3 is 0 Å². The zero-order valence-electron chi connectivity index (χ0n) is 12.3. The molecule has 23 heavy (non-hydrogen) atoms. The minimum Gasteiger partial charge on any atom is -0.268 e. The fourth-order valence-electron chi connectivity index (χ4n) is 2.54. The van der Waals surface area contributed by atoms with E-state index in [0.717, 1.165) is 22.8 Å². The van der Waals surface area contributed by atoms with Gasteiger partial charge in [0, 0.05) is 12.5 Å². The van der Waals surface area contributed by atoms with Crippen molar-refractivity contribution in [3.63, 3.8) is 0 Å². The maximum absolute atomic E-state index is 14.1. The summed E-state index contributed by atoms with van der Waals surface area (Å²) >= 11 is 0. The molecule has 0 fully saturated rings. The second-order valence-electron chi connectivity index (χ2n) is 5.15. The first kappa shape index (κ1) is 15.3. The van der Waals surface area contributed by atoms with Gasteiger partial charge in [-0.05, 0) is 30.7 Å². The molecule has 0 saturated carbocycles. The number of aryl methyl sites for hydroxylation is 1. The average Bonchev–Trinajstić information content (AvgIpc) is 2.49. The van der Waals surface area contributed by atoms with Crippen LogP contribution in [0.25, 0.3) is 16.6 Å². The predicted molar refractivity (Wildman–Crippen MR) is 81.2 cm³/mol. The fraction of sp³-hybridized carbons (Fsp3) is 0.176. The molecule has 2 aromatic carbocycles. The standard InChI is InChI=1S/C17H13F3N2O/c1-2-4-15-21-13-6-3-5-11(19)16(13)17(23)22(15)14-8-7-10(18)9-12(14)20/h3,5-9H,2,4H2,1H3. The summed E-state index contributed by atoms with van der Waals surface area (Å²) in [6, 6.07) is 7.03. The van der Waals surface area contributed by atoms with Crippen LogP contribution >= 0.6 is 0 Å². The van der Waals surface area contributed by atoms with Crippen molar-refractivity contribution in [3.8, 4) is 5.69 Å². The normalized spacial score (nSPS) is 11.1. The number of rotatable bonds is 3. The van der Waals surface area contributed by atoms with E-state index in [4.69, 9.17) is 0 Å². The Morgan fingerprint density at radius 2 is 1.87 bits per heavy atom. The lowest BCUT2D eigenvalue weighted by Crippen LogP contribution is -2.25. The Kier molecular flexibility index (Phi) is 3.90. The summed E-state index contributed by atoms with van der Waals surface area (Å²) in [6.07, 6.45) is 1.06. The minimum absolute atomic E-state index is 0.141. The molecule has 3 nitrogen and oxygen atoms in total. The highest BCUT2D eigenvalue weighted by Gasteiger charge is 2.17. The number of hydrogen-bond acceptors (Lipinski definition) is 2. The van der Waals surface area contributed by atoms with Crippen LogP contribution in [-0.4, -0.2) is 9.55 Å². The van der Waals surface area contributed by atoms with Crippen molar-refractivity contribution in [1.29, 1.82) is 0 Å². The maximum Gasteiger partial charge on any atom is 0.269 e. The van der Waals surface area contributed by atoms with Crippen LogP contribution in [0.5, 0.6) is 0 Å². The van der Waals surface area contributed by atoms with Gasteiger partial charge in [0.25, 0.3) is 5.56 Å². The van der Waals surface area contributed by atoms with Crippen LogP contribution in [0.2, 0.25) is 0 Å². The van der Waals surface area contributed by atoms with Crippen molar-refractivity contribution in [2.24, 2.45) is 0 Å². The molecule has 3 rings (SSSR count). The summed E-state index contributed by atoms with van der Waals surface area (Å²) in [4.78, 5) is 17.0. The van der Waals surface area contributed by atoms with Crippen molar-refractivity contribution < 1.29 is 13.2 Å². The molecule has 0 spiro atoms. The lowest BCUT2D eigenvalue weighted by atomic mass is 10.2. The minimum atomic E-state index is -0.901. The Balaban J connectivity index is 2.42. The first-order chi connectivity index (χ1) is 11.0. The van der Waals surface area contributed by atoms with Crippen LogP contribution in [0.15, 0.2) is 41.2 Å². The highest BCUT2D eigenvalue weighted by molar-refractivity contribution is 5.78. The van der Waals surface area contributed by atoms with Gasteiger partial charge in [-0.25, -0.2) is 18.2 Å². The van der Waals surface area contributed by atoms with Crippen LogP contribution < -0.4 is 5.56 Å². The lowest BCUT2D eigenvalue weighted by molar-refractivity contribution is 0.573. The number of halogens is 3. The highest BCUT2D eigenvalue weighted by Crippen LogP contribution is 2.19. The quantitative estimate of drug-likeness (QED) is 0.737. The van der Waals surface area contributed by atoms with E-state index in [1.807, 2.05) is 6.92 Å². The van der Waals surface area contributed by atoms with Crippen molar-refractivity contribution in [2.45, 2.75) is 19.8 Å². The van der Waals surface area contributed by atoms with E-state index in [9.17, 15) is 18.0 Å². The second-order valence-corrected chi connectivity index (χ2v) is 5.15. The molecule has 3 aromatic rings. The third kappa shape index (κ3) is 2.60. The molecule has 0 bridgehead atoms. The Hall–Kier alpha value is -2.63. The van der Waals surface area contributed by atoms with Crippen LogP contribution in [-0.2, 0) is 6.42 Å². The zero-order chi connectivity index (χ0) is 16.6. The van der Waals surface area contributed by atoms with E-state index in [-0.39, 0.29) is 16.6 Å². The predicted octanol–water partition coefficient (Wildman–Crippen LogP) is 3.76. The van der Waals surface area contributed by atoms with Gasteiger partial charge >= 0.3 is 0 Å². The molecule has 1 heterocycles. The van der Waals surface area contributed by atoms with Gasteiger partial charge in [0.15, 0.2) is 0 Å². The number of aromatic nitrogens is 2. The summed E-state index contributed by atoms with van der Waals surface area (Å²) in [6.45, 7) is 1.88. The van der Waals surface area contributed by atoms with Gasteiger partial charge in [-0.15, -0.1) is 0 Å². The first-order valence-electron chi connectivity index (χ1n) is 7.18. The molecule has 6 heteroatoms. The third-order valence-electron chi connectivity index (χ3n) is 3.54. The van der Waals surface area contributed by atoms with Crippen molar-refractivity contribution in [3.05, 3.63) is 70.0 Å². The lowest BCUT2D eigenvalue weighted by Gasteiger charge is -2.14. The van der Waals surface area contributed by atoms with Gasteiger partial charge in [-0.1, -0.05) is 13.0 Å². The molecular formula is C17H13F3N2O. The van der Waals surface area contributed by atoms with Crippen molar-refractivity contribution >= 4 is 10.9 Å². The smallest absolute Gasteiger partial charge is 0.268 e. The van der Waals surface area contributed by atoms with Crippen LogP contribution in [0.3, 0.4) is 0 Å². The van der Waals surface area contributed by atoms with E-state index in [2.05, 4.69) is 4.98 Å². The monoisotopic (exact) mass is 318 g/mol. The van der Waals surface area contributed by atoms with E-state index < -0.39 is 23.0 Å². The molecule has 1 aromatic heterocycles. The molecular weight excluding hydrogens is 305 g/mol. The highest BCUT2D eigenvalue weighted by atomic mass is 19.1. The Labute approximate surface area is 130 Å². The topological polar surface area (TPSA) is 34.9 Å². The molecule has 0 aliphatic carbocycles. The number of nitrogens with zero attached hydrogens (tertiary/aromatic N) is 2. The summed E-state index contributed by atoms with van der Waals surface area (Å²) in [7, 11) is 0. The molecule has 0 radical (unpaired) electrons. The third-order valence-corrected chi connectivity index (χ3v) is 3.54. The van der Waals surface area contributed by atoms with Gasteiger partial charge in [0.05, 0.1) is 11.2 Å².